The van der Waals surface area contributed by atoms with Crippen LogP contribution in [0.1, 0.15) is 33.9 Å². The van der Waals surface area contributed by atoms with Crippen molar-refractivity contribution in [2.45, 2.75) is 12.5 Å². The number of nitrogens with zero attached hydrogens (tertiary/aromatic N) is 5. The minimum absolute atomic E-state index is 0.0874. The highest BCUT2D eigenvalue weighted by Crippen LogP contribution is 2.33. The molecule has 0 saturated carbocycles. The third kappa shape index (κ3) is 4.11. The minimum atomic E-state index is -0.515. The Kier molecular flexibility index (Phi) is 5.19. The van der Waals surface area contributed by atoms with Gasteiger partial charge >= 0.3 is 0 Å². The Bertz CT molecular complexity index is 1350. The molecule has 3 aromatic carbocycles. The third-order valence-corrected chi connectivity index (χ3v) is 5.39. The molecular weight excluding hydrogens is 420 g/mol. The fraction of sp³-hybridized carbons (Fsp3) is 0.0833. The van der Waals surface area contributed by atoms with Crippen LogP contribution in [0.4, 0.5) is 17.6 Å². The van der Waals surface area contributed by atoms with Crippen molar-refractivity contribution in [3.63, 3.8) is 0 Å². The standard InChI is InChI=1S/C24H18N6O3/c31-22(18-11-13-19(14-12-18)30(32)33)26-23-27-24-25-20(16-7-3-1-4-8-16)15-21(29(24)28-23)17-9-5-2-6-10-17/h1-14,21H,15H2,(H,26,28,31). The number of rotatable bonds is 5. The van der Waals surface area contributed by atoms with E-state index in [1.54, 1.807) is 4.68 Å². The molecule has 1 amide bonds. The molecule has 1 aliphatic rings. The van der Waals surface area contributed by atoms with E-state index in [-0.39, 0.29) is 23.2 Å². The maximum absolute atomic E-state index is 12.6. The number of carbonyl (C=O) groups is 1. The largest absolute Gasteiger partial charge is 0.289 e. The summed E-state index contributed by atoms with van der Waals surface area (Å²) in [5.41, 5.74) is 3.12. The van der Waals surface area contributed by atoms with Gasteiger partial charge in [0.25, 0.3) is 23.5 Å². The van der Waals surface area contributed by atoms with Crippen LogP contribution in [-0.2, 0) is 0 Å². The summed E-state index contributed by atoms with van der Waals surface area (Å²) in [6.45, 7) is 0. The monoisotopic (exact) mass is 438 g/mol. The van der Waals surface area contributed by atoms with E-state index in [2.05, 4.69) is 15.4 Å². The van der Waals surface area contributed by atoms with E-state index >= 15 is 0 Å². The number of non-ortho nitro benzene ring substituents is 1. The first-order valence-corrected chi connectivity index (χ1v) is 10.3. The molecule has 0 aliphatic carbocycles. The fourth-order valence-electron chi connectivity index (χ4n) is 3.74. The molecule has 2 heterocycles. The van der Waals surface area contributed by atoms with Gasteiger partial charge in [-0.15, -0.1) is 5.10 Å². The van der Waals surface area contributed by atoms with E-state index in [1.807, 2.05) is 60.7 Å². The zero-order chi connectivity index (χ0) is 22.8. The first-order valence-electron chi connectivity index (χ1n) is 10.3. The minimum Gasteiger partial charge on any atom is -0.289 e. The average Bonchev–Trinajstić information content (AvgIpc) is 3.26. The zero-order valence-electron chi connectivity index (χ0n) is 17.3. The molecule has 1 N–H and O–H groups in total. The Balaban J connectivity index is 1.47. The molecule has 4 aromatic rings. The Morgan fingerprint density at radius 1 is 0.970 bits per heavy atom. The molecule has 0 spiro atoms. The molecule has 1 unspecified atom stereocenters. The molecular formula is C24H18N6O3. The number of anilines is 1. The van der Waals surface area contributed by atoms with Gasteiger partial charge in [0, 0.05) is 24.1 Å². The highest BCUT2D eigenvalue weighted by Gasteiger charge is 2.28. The molecule has 1 aliphatic heterocycles. The summed E-state index contributed by atoms with van der Waals surface area (Å²) in [4.78, 5) is 32.1. The lowest BCUT2D eigenvalue weighted by Crippen LogP contribution is -2.21. The molecule has 1 atom stereocenters. The lowest BCUT2D eigenvalue weighted by Gasteiger charge is -2.23. The van der Waals surface area contributed by atoms with Gasteiger partial charge in [0.15, 0.2) is 0 Å². The number of aromatic nitrogens is 3. The van der Waals surface area contributed by atoms with Crippen LogP contribution < -0.4 is 5.32 Å². The van der Waals surface area contributed by atoms with Crippen LogP contribution in [-0.4, -0.2) is 31.3 Å². The molecule has 9 heteroatoms. The summed E-state index contributed by atoms with van der Waals surface area (Å²) >= 11 is 0. The van der Waals surface area contributed by atoms with E-state index in [0.29, 0.717) is 12.4 Å². The van der Waals surface area contributed by atoms with E-state index in [9.17, 15) is 14.9 Å². The molecule has 5 rings (SSSR count). The molecule has 0 radical (unpaired) electrons. The maximum Gasteiger partial charge on any atom is 0.269 e. The Morgan fingerprint density at radius 2 is 1.64 bits per heavy atom. The van der Waals surface area contributed by atoms with E-state index in [0.717, 1.165) is 16.8 Å². The van der Waals surface area contributed by atoms with Crippen molar-refractivity contribution in [2.75, 3.05) is 5.32 Å². The van der Waals surface area contributed by atoms with Crippen LogP contribution in [0.25, 0.3) is 0 Å². The summed E-state index contributed by atoms with van der Waals surface area (Å²) < 4.78 is 1.72. The number of hydrogen-bond acceptors (Lipinski definition) is 6. The Hall–Kier alpha value is -4.66. The van der Waals surface area contributed by atoms with Gasteiger partial charge < -0.3 is 0 Å². The number of nitro groups is 1. The summed E-state index contributed by atoms with van der Waals surface area (Å²) in [7, 11) is 0. The smallest absolute Gasteiger partial charge is 0.269 e. The van der Waals surface area contributed by atoms with Crippen LogP contribution >= 0.6 is 0 Å². The summed E-state index contributed by atoms with van der Waals surface area (Å²) in [5.74, 6) is 0.0525. The first kappa shape index (κ1) is 20.3. The maximum atomic E-state index is 12.6. The fourth-order valence-corrected chi connectivity index (χ4v) is 3.74. The van der Waals surface area contributed by atoms with Crippen molar-refractivity contribution < 1.29 is 9.72 Å². The number of nitrogens with one attached hydrogen (secondary N) is 1. The number of fused-ring (bicyclic) bond motifs is 1. The van der Waals surface area contributed by atoms with Gasteiger partial charge in [0.1, 0.15) is 0 Å². The third-order valence-electron chi connectivity index (χ3n) is 5.39. The normalized spacial score (nSPS) is 14.8. The van der Waals surface area contributed by atoms with Crippen molar-refractivity contribution >= 4 is 29.2 Å². The Labute approximate surface area is 188 Å². The van der Waals surface area contributed by atoms with Gasteiger partial charge in [-0.25, -0.2) is 9.67 Å². The number of carbonyl (C=O) groups excluding carboxylic acids is 1. The molecule has 0 fully saturated rings. The van der Waals surface area contributed by atoms with Gasteiger partial charge in [0.2, 0.25) is 0 Å². The van der Waals surface area contributed by atoms with Gasteiger partial charge in [0.05, 0.1) is 16.7 Å². The summed E-state index contributed by atoms with van der Waals surface area (Å²) in [6.07, 6.45) is 0.625. The van der Waals surface area contributed by atoms with Crippen LogP contribution in [0, 0.1) is 10.1 Å². The molecule has 162 valence electrons. The number of aliphatic imine (C=N–C) groups is 1. The highest BCUT2D eigenvalue weighted by atomic mass is 16.6. The summed E-state index contributed by atoms with van der Waals surface area (Å²) in [5, 5.41) is 18.0. The second kappa shape index (κ2) is 8.46. The van der Waals surface area contributed by atoms with Crippen molar-refractivity contribution in [1.82, 2.24) is 14.8 Å². The molecule has 0 saturated heterocycles. The first-order chi connectivity index (χ1) is 16.1. The highest BCUT2D eigenvalue weighted by molar-refractivity contribution is 6.04. The van der Waals surface area contributed by atoms with Gasteiger partial charge in [-0.2, -0.15) is 4.98 Å². The average molecular weight is 438 g/mol. The quantitative estimate of drug-likeness (QED) is 0.362. The SMILES string of the molecule is O=C(Nc1nc2n(n1)C(c1ccccc1)CC(c1ccccc1)=N2)c1ccc([N+](=O)[O-])cc1. The topological polar surface area (TPSA) is 115 Å². The number of benzene rings is 3. The second-order valence-electron chi connectivity index (χ2n) is 7.49. The predicted octanol–water partition coefficient (Wildman–Crippen LogP) is 4.55. The van der Waals surface area contributed by atoms with Crippen LogP contribution in [0.2, 0.25) is 0 Å². The van der Waals surface area contributed by atoms with Gasteiger partial charge in [-0.3, -0.25) is 20.2 Å². The second-order valence-corrected chi connectivity index (χ2v) is 7.49. The van der Waals surface area contributed by atoms with Crippen molar-refractivity contribution in [2.24, 2.45) is 4.99 Å². The Morgan fingerprint density at radius 3 is 2.30 bits per heavy atom. The van der Waals surface area contributed by atoms with E-state index < -0.39 is 10.8 Å². The van der Waals surface area contributed by atoms with Crippen molar-refractivity contribution in [1.29, 1.82) is 0 Å². The van der Waals surface area contributed by atoms with Gasteiger partial charge in [-0.1, -0.05) is 60.7 Å². The summed E-state index contributed by atoms with van der Waals surface area (Å²) in [6, 6.07) is 25.0. The van der Waals surface area contributed by atoms with Crippen LogP contribution in [0.3, 0.4) is 0 Å². The van der Waals surface area contributed by atoms with Gasteiger partial charge in [-0.05, 0) is 23.3 Å². The number of hydrogen-bond donors (Lipinski definition) is 1. The van der Waals surface area contributed by atoms with E-state index in [4.69, 9.17) is 4.99 Å². The zero-order valence-corrected chi connectivity index (χ0v) is 17.3. The lowest BCUT2D eigenvalue weighted by atomic mass is 9.96. The molecule has 0 bridgehead atoms. The number of amides is 1. The predicted molar refractivity (Wildman–Crippen MR) is 123 cm³/mol. The molecule has 33 heavy (non-hydrogen) atoms. The van der Waals surface area contributed by atoms with E-state index in [1.165, 1.54) is 24.3 Å². The van der Waals surface area contributed by atoms with Crippen LogP contribution in [0.15, 0.2) is 89.9 Å². The number of nitro benzene ring substituents is 1. The van der Waals surface area contributed by atoms with Crippen molar-refractivity contribution in [3.8, 4) is 0 Å². The van der Waals surface area contributed by atoms with Crippen LogP contribution in [0.5, 0.6) is 0 Å². The molecule has 1 aromatic heterocycles. The van der Waals surface area contributed by atoms with Crippen molar-refractivity contribution in [3.05, 3.63) is 112 Å². The lowest BCUT2D eigenvalue weighted by molar-refractivity contribution is -0.384. The molecule has 9 nitrogen and oxygen atoms in total.